The first-order valence-electron chi connectivity index (χ1n) is 4.52. The summed E-state index contributed by atoms with van der Waals surface area (Å²) < 4.78 is 0. The lowest BCUT2D eigenvalue weighted by molar-refractivity contribution is -0.141. The average molecular weight is 185 g/mol. The molecule has 0 radical (unpaired) electrons. The second-order valence-corrected chi connectivity index (χ2v) is 3.64. The first kappa shape index (κ1) is 10.2. The molecule has 13 heavy (non-hydrogen) atoms. The van der Waals surface area contributed by atoms with Gasteiger partial charge in [0.15, 0.2) is 0 Å². The summed E-state index contributed by atoms with van der Waals surface area (Å²) in [5.74, 6) is -1.20. The zero-order valence-corrected chi connectivity index (χ0v) is 7.82. The van der Waals surface area contributed by atoms with Crippen LogP contribution in [0.4, 0.5) is 0 Å². The zero-order valence-electron chi connectivity index (χ0n) is 7.82. The van der Waals surface area contributed by atoms with Crippen molar-refractivity contribution in [2.45, 2.75) is 19.3 Å². The van der Waals surface area contributed by atoms with Crippen LogP contribution in [0.2, 0.25) is 0 Å². The number of ketones is 1. The van der Waals surface area contributed by atoms with E-state index in [0.717, 1.165) is 19.4 Å². The maximum absolute atomic E-state index is 11.3. The van der Waals surface area contributed by atoms with Gasteiger partial charge in [0.05, 0.1) is 0 Å². The molecule has 4 heteroatoms. The van der Waals surface area contributed by atoms with Crippen LogP contribution in [-0.2, 0) is 9.59 Å². The number of nitrogens with zero attached hydrogens (tertiary/aromatic N) is 1. The van der Waals surface area contributed by atoms with Gasteiger partial charge < -0.3 is 10.0 Å². The van der Waals surface area contributed by atoms with Crippen molar-refractivity contribution in [3.05, 3.63) is 0 Å². The minimum atomic E-state index is -1.02. The van der Waals surface area contributed by atoms with Crippen LogP contribution in [0.5, 0.6) is 0 Å². The molecule has 0 aromatic heterocycles. The minimum absolute atomic E-state index is 0.0603. The third-order valence-corrected chi connectivity index (χ3v) is 2.41. The number of piperidine rings is 1. The van der Waals surface area contributed by atoms with Crippen LogP contribution in [0.3, 0.4) is 0 Å². The van der Waals surface area contributed by atoms with E-state index in [1.807, 2.05) is 7.05 Å². The number of hydrogen-bond donors (Lipinski definition) is 1. The third kappa shape index (κ3) is 3.14. The highest BCUT2D eigenvalue weighted by atomic mass is 16.4. The number of carbonyl (C=O) groups excluding carboxylic acids is 1. The van der Waals surface area contributed by atoms with Gasteiger partial charge in [-0.3, -0.25) is 9.59 Å². The molecule has 4 nitrogen and oxygen atoms in total. The summed E-state index contributed by atoms with van der Waals surface area (Å²) in [7, 11) is 1.96. The molecule has 0 bridgehead atoms. The Bertz CT molecular complexity index is 215. The van der Waals surface area contributed by atoms with Crippen molar-refractivity contribution < 1.29 is 14.7 Å². The molecule has 1 fully saturated rings. The molecule has 1 aliphatic rings. The Hall–Kier alpha value is -0.900. The second-order valence-electron chi connectivity index (χ2n) is 3.64. The van der Waals surface area contributed by atoms with Crippen LogP contribution in [0.25, 0.3) is 0 Å². The molecule has 0 aromatic rings. The van der Waals surface area contributed by atoms with Gasteiger partial charge in [-0.05, 0) is 26.4 Å². The highest BCUT2D eigenvalue weighted by Gasteiger charge is 2.24. The maximum Gasteiger partial charge on any atom is 0.310 e. The smallest absolute Gasteiger partial charge is 0.310 e. The van der Waals surface area contributed by atoms with Crippen molar-refractivity contribution in [1.29, 1.82) is 0 Å². The van der Waals surface area contributed by atoms with E-state index in [4.69, 9.17) is 5.11 Å². The van der Waals surface area contributed by atoms with Crippen molar-refractivity contribution in [1.82, 2.24) is 4.90 Å². The van der Waals surface area contributed by atoms with E-state index in [2.05, 4.69) is 4.90 Å². The Labute approximate surface area is 77.5 Å². The molecule has 0 aliphatic carbocycles. The summed E-state index contributed by atoms with van der Waals surface area (Å²) in [6, 6.07) is 0. The number of rotatable bonds is 3. The van der Waals surface area contributed by atoms with E-state index in [0.29, 0.717) is 6.54 Å². The molecular weight excluding hydrogens is 170 g/mol. The fourth-order valence-corrected chi connectivity index (χ4v) is 1.72. The van der Waals surface area contributed by atoms with E-state index in [-0.39, 0.29) is 18.1 Å². The fourth-order valence-electron chi connectivity index (χ4n) is 1.72. The zero-order chi connectivity index (χ0) is 9.84. The number of hydrogen-bond acceptors (Lipinski definition) is 3. The highest BCUT2D eigenvalue weighted by Crippen LogP contribution is 2.17. The molecule has 0 aromatic carbocycles. The first-order valence-corrected chi connectivity index (χ1v) is 4.52. The van der Waals surface area contributed by atoms with Gasteiger partial charge in [-0.1, -0.05) is 0 Å². The van der Waals surface area contributed by atoms with E-state index in [1.165, 1.54) is 0 Å². The van der Waals surface area contributed by atoms with Crippen molar-refractivity contribution in [2.75, 3.05) is 20.1 Å². The molecular formula is C9H15NO3. The number of likely N-dealkylation sites (tertiary alicyclic amines) is 1. The molecule has 1 aliphatic heterocycles. The molecule has 0 saturated carbocycles. The Kier molecular flexibility index (Phi) is 3.42. The van der Waals surface area contributed by atoms with Gasteiger partial charge in [0.2, 0.25) is 0 Å². The predicted octanol–water partition coefficient (Wildman–Crippen LogP) is 0.372. The summed E-state index contributed by atoms with van der Waals surface area (Å²) in [4.78, 5) is 23.7. The largest absolute Gasteiger partial charge is 0.481 e. The van der Waals surface area contributed by atoms with Crippen molar-refractivity contribution in [3.8, 4) is 0 Å². The monoisotopic (exact) mass is 185 g/mol. The Morgan fingerprint density at radius 2 is 2.23 bits per heavy atom. The fraction of sp³-hybridized carbons (Fsp3) is 0.778. The number of aliphatic carboxylic acids is 1. The topological polar surface area (TPSA) is 57.6 Å². The molecule has 1 atom stereocenters. The Morgan fingerprint density at radius 3 is 2.77 bits per heavy atom. The predicted molar refractivity (Wildman–Crippen MR) is 47.5 cm³/mol. The molecule has 0 amide bonds. The lowest BCUT2D eigenvalue weighted by Crippen LogP contribution is -2.36. The number of carbonyl (C=O) groups is 2. The van der Waals surface area contributed by atoms with E-state index in [1.54, 1.807) is 0 Å². The summed E-state index contributed by atoms with van der Waals surface area (Å²) in [6.45, 7) is 1.73. The van der Waals surface area contributed by atoms with E-state index < -0.39 is 5.97 Å². The lowest BCUT2D eigenvalue weighted by atomic mass is 9.92. The lowest BCUT2D eigenvalue weighted by Gasteiger charge is -2.28. The second kappa shape index (κ2) is 4.37. The van der Waals surface area contributed by atoms with Gasteiger partial charge >= 0.3 is 5.97 Å². The van der Waals surface area contributed by atoms with Gasteiger partial charge in [0.25, 0.3) is 0 Å². The molecule has 1 rings (SSSR count). The summed E-state index contributed by atoms with van der Waals surface area (Å²) in [6.07, 6.45) is 1.52. The van der Waals surface area contributed by atoms with Gasteiger partial charge in [-0.25, -0.2) is 0 Å². The Morgan fingerprint density at radius 1 is 1.54 bits per heavy atom. The highest BCUT2D eigenvalue weighted by molar-refractivity contribution is 5.96. The average Bonchev–Trinajstić information content (AvgIpc) is 2.03. The van der Waals surface area contributed by atoms with Gasteiger partial charge in [-0.2, -0.15) is 0 Å². The third-order valence-electron chi connectivity index (χ3n) is 2.41. The van der Waals surface area contributed by atoms with Crippen LogP contribution in [0.1, 0.15) is 19.3 Å². The first-order chi connectivity index (χ1) is 6.09. The summed E-state index contributed by atoms with van der Waals surface area (Å²) in [5.41, 5.74) is 0. The molecule has 1 N–H and O–H groups in total. The van der Waals surface area contributed by atoms with Gasteiger partial charge in [0.1, 0.15) is 12.2 Å². The minimum Gasteiger partial charge on any atom is -0.481 e. The van der Waals surface area contributed by atoms with E-state index >= 15 is 0 Å². The molecule has 74 valence electrons. The maximum atomic E-state index is 11.3. The Balaban J connectivity index is 2.41. The number of carboxylic acids is 1. The van der Waals surface area contributed by atoms with Gasteiger partial charge in [0, 0.05) is 12.5 Å². The number of carboxylic acid groups (broad SMARTS) is 1. The standard InChI is InChI=1S/C9H15NO3/c1-10-4-2-3-7(6-10)8(11)5-9(12)13/h7H,2-6H2,1H3,(H,12,13). The summed E-state index contributed by atoms with van der Waals surface area (Å²) in [5, 5.41) is 8.45. The van der Waals surface area contributed by atoms with Crippen molar-refractivity contribution in [2.24, 2.45) is 5.92 Å². The normalized spacial score (nSPS) is 24.2. The van der Waals surface area contributed by atoms with Gasteiger partial charge in [-0.15, -0.1) is 0 Å². The van der Waals surface area contributed by atoms with Crippen LogP contribution in [0.15, 0.2) is 0 Å². The number of Topliss-reactive ketones (excluding diaryl/α,β-unsaturated/α-hetero) is 1. The van der Waals surface area contributed by atoms with Crippen LogP contribution < -0.4 is 0 Å². The van der Waals surface area contributed by atoms with E-state index in [9.17, 15) is 9.59 Å². The quantitative estimate of drug-likeness (QED) is 0.645. The van der Waals surface area contributed by atoms with Crippen LogP contribution in [-0.4, -0.2) is 41.9 Å². The molecule has 1 heterocycles. The van der Waals surface area contributed by atoms with Crippen molar-refractivity contribution >= 4 is 11.8 Å². The molecule has 1 unspecified atom stereocenters. The summed E-state index contributed by atoms with van der Waals surface area (Å²) >= 11 is 0. The SMILES string of the molecule is CN1CCCC(C(=O)CC(=O)O)C1. The molecule has 0 spiro atoms. The van der Waals surface area contributed by atoms with Crippen molar-refractivity contribution in [3.63, 3.8) is 0 Å². The van der Waals surface area contributed by atoms with Crippen LogP contribution >= 0.6 is 0 Å². The van der Waals surface area contributed by atoms with Crippen LogP contribution in [0, 0.1) is 5.92 Å². The molecule has 1 saturated heterocycles.